The number of amides is 4. The fourth-order valence-electron chi connectivity index (χ4n) is 7.42. The number of hydrogen-bond acceptors (Lipinski definition) is 5. The number of pyridine rings is 1. The monoisotopic (exact) mass is 574 g/mol. The molecule has 2 saturated heterocycles. The van der Waals surface area contributed by atoms with Crippen LogP contribution in [0.2, 0.25) is 0 Å². The Bertz CT molecular complexity index is 1810. The molecule has 3 atom stereocenters. The normalized spacial score (nSPS) is 23.7. The molecule has 0 radical (unpaired) electrons. The Kier molecular flexibility index (Phi) is 6.73. The van der Waals surface area contributed by atoms with Gasteiger partial charge in [0.15, 0.2) is 0 Å². The topological polar surface area (TPSA) is 91.7 Å². The molecule has 218 valence electrons. The maximum Gasteiger partial charge on any atom is 0.335 e. The van der Waals surface area contributed by atoms with Gasteiger partial charge in [0.2, 0.25) is 5.91 Å². The van der Waals surface area contributed by atoms with Crippen LogP contribution in [-0.4, -0.2) is 46.9 Å². The first-order valence-corrected chi connectivity index (χ1v) is 15.0. The summed E-state index contributed by atoms with van der Waals surface area (Å²) in [7, 11) is 0. The maximum atomic E-state index is 14.7. The van der Waals surface area contributed by atoms with Gasteiger partial charge < -0.3 is 9.47 Å². The van der Waals surface area contributed by atoms with Crippen molar-refractivity contribution in [2.75, 3.05) is 24.5 Å². The Balaban J connectivity index is 1.30. The lowest BCUT2D eigenvalue weighted by Crippen LogP contribution is -2.68. The summed E-state index contributed by atoms with van der Waals surface area (Å²) >= 11 is 0. The number of nitrogens with zero attached hydrogens (tertiary/aromatic N) is 3. The van der Waals surface area contributed by atoms with Crippen molar-refractivity contribution < 1.29 is 14.4 Å². The number of piperidine rings is 1. The van der Waals surface area contributed by atoms with Gasteiger partial charge >= 0.3 is 6.03 Å². The van der Waals surface area contributed by atoms with Crippen LogP contribution in [0.25, 0.3) is 10.8 Å². The number of nitrogens with one attached hydrogen (secondary N) is 1. The van der Waals surface area contributed by atoms with Gasteiger partial charge in [-0.25, -0.2) is 9.69 Å². The van der Waals surface area contributed by atoms with E-state index in [0.717, 1.165) is 45.3 Å². The molecule has 1 N–H and O–H groups in total. The smallest absolute Gasteiger partial charge is 0.312 e. The fourth-order valence-corrected chi connectivity index (χ4v) is 7.42. The largest absolute Gasteiger partial charge is 0.335 e. The minimum atomic E-state index is -1.54. The number of aryl methyl sites for hydroxylation is 1. The summed E-state index contributed by atoms with van der Waals surface area (Å²) in [6, 6.07) is 25.9. The maximum absolute atomic E-state index is 14.7. The second-order valence-electron chi connectivity index (χ2n) is 12.2. The molecule has 3 aliphatic heterocycles. The van der Waals surface area contributed by atoms with E-state index in [0.29, 0.717) is 25.3 Å². The molecule has 8 heteroatoms. The van der Waals surface area contributed by atoms with Crippen molar-refractivity contribution in [2.24, 2.45) is 11.3 Å². The molecule has 8 nitrogen and oxygen atoms in total. The van der Waals surface area contributed by atoms with Crippen LogP contribution in [0.15, 0.2) is 89.7 Å². The number of barbiturate groups is 1. The third-order valence-corrected chi connectivity index (χ3v) is 9.49. The number of anilines is 1. The number of benzene rings is 3. The summed E-state index contributed by atoms with van der Waals surface area (Å²) < 4.78 is 1.88. The molecule has 43 heavy (non-hydrogen) atoms. The van der Waals surface area contributed by atoms with Crippen molar-refractivity contribution in [3.8, 4) is 0 Å². The summed E-state index contributed by atoms with van der Waals surface area (Å²) in [6.45, 7) is 4.12. The van der Waals surface area contributed by atoms with Crippen LogP contribution in [0.1, 0.15) is 36.1 Å². The van der Waals surface area contributed by atoms with Gasteiger partial charge in [-0.2, -0.15) is 0 Å². The highest BCUT2D eigenvalue weighted by Gasteiger charge is 2.56. The predicted octanol–water partition coefficient (Wildman–Crippen LogP) is 4.50. The fraction of sp³-hybridized carbons (Fsp3) is 0.314. The van der Waals surface area contributed by atoms with Crippen molar-refractivity contribution in [3.63, 3.8) is 0 Å². The van der Waals surface area contributed by atoms with Gasteiger partial charge in [-0.15, -0.1) is 0 Å². The molecule has 2 unspecified atom stereocenters. The lowest BCUT2D eigenvalue weighted by Gasteiger charge is -2.47. The Morgan fingerprint density at radius 3 is 2.42 bits per heavy atom. The zero-order valence-corrected chi connectivity index (χ0v) is 24.2. The van der Waals surface area contributed by atoms with Gasteiger partial charge in [0.1, 0.15) is 5.41 Å². The Hall–Kier alpha value is -4.56. The zero-order chi connectivity index (χ0) is 29.7. The van der Waals surface area contributed by atoms with Crippen LogP contribution in [-0.2, 0) is 29.0 Å². The lowest BCUT2D eigenvalue weighted by molar-refractivity contribution is -0.144. The van der Waals surface area contributed by atoms with Crippen LogP contribution < -0.4 is 15.8 Å². The second kappa shape index (κ2) is 10.6. The van der Waals surface area contributed by atoms with Crippen molar-refractivity contribution in [2.45, 2.75) is 38.6 Å². The summed E-state index contributed by atoms with van der Waals surface area (Å²) in [5, 5.41) is 4.57. The molecule has 1 aromatic heterocycles. The van der Waals surface area contributed by atoms with E-state index in [1.165, 1.54) is 0 Å². The summed E-state index contributed by atoms with van der Waals surface area (Å²) in [6.07, 6.45) is 1.94. The predicted molar refractivity (Wildman–Crippen MR) is 165 cm³/mol. The molecule has 3 aliphatic rings. The second-order valence-corrected chi connectivity index (χ2v) is 12.2. The molecule has 4 heterocycles. The lowest BCUT2D eigenvalue weighted by atomic mass is 9.75. The first kappa shape index (κ1) is 27.3. The summed E-state index contributed by atoms with van der Waals surface area (Å²) in [4.78, 5) is 58.0. The number of likely N-dealkylation sites (tertiary alicyclic amines) is 1. The van der Waals surface area contributed by atoms with E-state index in [1.807, 2.05) is 72.2 Å². The van der Waals surface area contributed by atoms with E-state index in [-0.39, 0.29) is 30.4 Å². The minimum absolute atomic E-state index is 0.0122. The molecule has 3 aromatic carbocycles. The van der Waals surface area contributed by atoms with Gasteiger partial charge in [-0.3, -0.25) is 19.7 Å². The number of fused-ring (bicyclic) bond motifs is 5. The van der Waals surface area contributed by atoms with Gasteiger partial charge in [0, 0.05) is 43.9 Å². The molecule has 7 rings (SSSR count). The molecule has 0 spiro atoms. The number of urea groups is 1. The summed E-state index contributed by atoms with van der Waals surface area (Å²) in [5.74, 6) is -0.728. The minimum Gasteiger partial charge on any atom is -0.312 e. The molecule has 2 bridgehead atoms. The van der Waals surface area contributed by atoms with Crippen LogP contribution >= 0.6 is 0 Å². The number of carbonyl (C=O) groups excluding carboxylic acids is 3. The van der Waals surface area contributed by atoms with Crippen molar-refractivity contribution in [1.82, 2.24) is 14.8 Å². The molecule has 4 aromatic rings. The van der Waals surface area contributed by atoms with E-state index in [2.05, 4.69) is 10.2 Å². The van der Waals surface area contributed by atoms with Crippen LogP contribution in [0.4, 0.5) is 10.5 Å². The van der Waals surface area contributed by atoms with E-state index < -0.39 is 23.3 Å². The molecule has 4 amide bonds. The van der Waals surface area contributed by atoms with Gasteiger partial charge in [-0.05, 0) is 65.3 Å². The first-order valence-electron chi connectivity index (χ1n) is 15.0. The van der Waals surface area contributed by atoms with Crippen LogP contribution in [0.3, 0.4) is 0 Å². The number of hydrogen-bond donors (Lipinski definition) is 1. The molecule has 0 saturated carbocycles. The molecule has 2 fully saturated rings. The average Bonchev–Trinajstić information content (AvgIpc) is 3.01. The quantitative estimate of drug-likeness (QED) is 0.343. The van der Waals surface area contributed by atoms with Crippen molar-refractivity contribution in [3.05, 3.63) is 112 Å². The van der Waals surface area contributed by atoms with Crippen LogP contribution in [0.5, 0.6) is 0 Å². The SMILES string of the molecule is CCc1ccc(N2C(=O)NC(=O)C(Cc3cccc4ccccc34)(CN3CC4C[C@H](C3)c3cccc(=O)n3C4)C2=O)cc1. The van der Waals surface area contributed by atoms with Gasteiger partial charge in [0.25, 0.3) is 11.5 Å². The Morgan fingerprint density at radius 2 is 1.60 bits per heavy atom. The molecular formula is C35H34N4O4. The van der Waals surface area contributed by atoms with E-state index in [4.69, 9.17) is 0 Å². The van der Waals surface area contributed by atoms with Crippen LogP contribution in [0, 0.1) is 11.3 Å². The van der Waals surface area contributed by atoms with Gasteiger partial charge in [-0.1, -0.05) is 67.6 Å². The molecular weight excluding hydrogens is 540 g/mol. The zero-order valence-electron chi connectivity index (χ0n) is 24.2. The highest BCUT2D eigenvalue weighted by Crippen LogP contribution is 2.40. The Labute approximate surface area is 249 Å². The number of carbonyl (C=O) groups is 3. The Morgan fingerprint density at radius 1 is 0.837 bits per heavy atom. The van der Waals surface area contributed by atoms with E-state index >= 15 is 0 Å². The number of aromatic nitrogens is 1. The van der Waals surface area contributed by atoms with E-state index in [9.17, 15) is 19.2 Å². The number of imide groups is 2. The molecule has 0 aliphatic carbocycles. The van der Waals surface area contributed by atoms with E-state index in [1.54, 1.807) is 24.3 Å². The highest BCUT2D eigenvalue weighted by molar-refractivity contribution is 6.30. The highest BCUT2D eigenvalue weighted by atomic mass is 16.2. The average molecular weight is 575 g/mol. The summed E-state index contributed by atoms with van der Waals surface area (Å²) in [5.41, 5.74) is 1.89. The first-order chi connectivity index (χ1) is 20.9. The third kappa shape index (κ3) is 4.66. The number of rotatable bonds is 6. The van der Waals surface area contributed by atoms with Gasteiger partial charge in [0.05, 0.1) is 5.69 Å². The standard InChI is InChI=1S/C35H34N4O4/c1-2-23-13-15-28(16-14-23)39-33(42)35(32(41)36-34(39)43,18-26-9-5-8-25-7-3-4-10-29(25)26)22-37-19-24-17-27(21-37)30-11-6-12-31(40)38(30)20-24/h3-16,24,27H,2,17-22H2,1H3,(H,36,41,43)/t24?,27-,35?/m1/s1. The van der Waals surface area contributed by atoms with Crippen molar-refractivity contribution in [1.29, 1.82) is 0 Å². The van der Waals surface area contributed by atoms with Crippen molar-refractivity contribution >= 4 is 34.3 Å². The third-order valence-electron chi connectivity index (χ3n) is 9.49.